The molecular weight excluding hydrogens is 297 g/mol. The molecule has 1 aromatic heterocycles. The van der Waals surface area contributed by atoms with Crippen molar-refractivity contribution in [2.24, 2.45) is 0 Å². The van der Waals surface area contributed by atoms with E-state index in [9.17, 15) is 14.3 Å². The summed E-state index contributed by atoms with van der Waals surface area (Å²) in [5, 5.41) is 9.95. The number of aromatic nitrogens is 1. The van der Waals surface area contributed by atoms with E-state index < -0.39 is 17.3 Å². The first kappa shape index (κ1) is 14.5. The van der Waals surface area contributed by atoms with Crippen molar-refractivity contribution >= 4 is 0 Å². The van der Waals surface area contributed by atoms with E-state index in [-0.39, 0.29) is 17.0 Å². The summed E-state index contributed by atoms with van der Waals surface area (Å²) in [5.41, 5.74) is -0.132. The second-order valence-electron chi connectivity index (χ2n) is 4.63. The monoisotopic (exact) mass is 307 g/mol. The molecule has 0 saturated heterocycles. The second kappa shape index (κ2) is 6.16. The maximum atomic E-state index is 13.2. The van der Waals surface area contributed by atoms with Crippen LogP contribution in [0.2, 0.25) is 0 Å². The van der Waals surface area contributed by atoms with E-state index in [2.05, 4.69) is 16.8 Å². The maximum absolute atomic E-state index is 13.2. The number of halogens is 1. The Labute approximate surface area is 130 Å². The molecule has 0 amide bonds. The first-order chi connectivity index (χ1) is 11.1. The van der Waals surface area contributed by atoms with Gasteiger partial charge in [-0.1, -0.05) is 36.3 Å². The van der Waals surface area contributed by atoms with Gasteiger partial charge in [0.1, 0.15) is 11.4 Å². The normalized spacial score (nSPS) is 9.96. The molecule has 2 aromatic carbocycles. The zero-order valence-corrected chi connectivity index (χ0v) is 11.8. The SMILES string of the molecule is O=c1oc(C#Cc2ccccc2)nc(O)c1-c1cccc(F)c1. The molecule has 4 nitrogen and oxygen atoms in total. The van der Waals surface area contributed by atoms with Gasteiger partial charge in [0.2, 0.25) is 5.88 Å². The third-order valence-electron chi connectivity index (χ3n) is 3.03. The molecule has 0 radical (unpaired) electrons. The van der Waals surface area contributed by atoms with Crippen LogP contribution < -0.4 is 5.63 Å². The number of rotatable bonds is 1. The molecular formula is C18H10FNO3. The fourth-order valence-corrected chi connectivity index (χ4v) is 2.00. The number of aromatic hydroxyl groups is 1. The molecule has 5 heteroatoms. The van der Waals surface area contributed by atoms with Crippen molar-refractivity contribution < 1.29 is 13.9 Å². The van der Waals surface area contributed by atoms with Gasteiger partial charge in [-0.3, -0.25) is 0 Å². The lowest BCUT2D eigenvalue weighted by Crippen LogP contribution is -2.06. The predicted molar refractivity (Wildman–Crippen MR) is 82.3 cm³/mol. The maximum Gasteiger partial charge on any atom is 0.351 e. The molecule has 0 spiro atoms. The van der Waals surface area contributed by atoms with Crippen LogP contribution in [-0.2, 0) is 0 Å². The molecule has 0 bridgehead atoms. The molecule has 112 valence electrons. The lowest BCUT2D eigenvalue weighted by atomic mass is 10.1. The van der Waals surface area contributed by atoms with Crippen LogP contribution in [0, 0.1) is 17.7 Å². The summed E-state index contributed by atoms with van der Waals surface area (Å²) in [6.07, 6.45) is 0. The molecule has 3 rings (SSSR count). The van der Waals surface area contributed by atoms with Crippen LogP contribution in [0.1, 0.15) is 11.5 Å². The van der Waals surface area contributed by atoms with Crippen LogP contribution in [0.5, 0.6) is 5.88 Å². The third-order valence-corrected chi connectivity index (χ3v) is 3.03. The summed E-state index contributed by atoms with van der Waals surface area (Å²) in [6.45, 7) is 0. The van der Waals surface area contributed by atoms with E-state index in [1.54, 1.807) is 12.1 Å². The van der Waals surface area contributed by atoms with Crippen LogP contribution in [0.25, 0.3) is 11.1 Å². The zero-order valence-electron chi connectivity index (χ0n) is 11.8. The minimum absolute atomic E-state index is 0.186. The molecule has 0 saturated carbocycles. The first-order valence-corrected chi connectivity index (χ1v) is 6.70. The van der Waals surface area contributed by atoms with Gasteiger partial charge in [0, 0.05) is 5.56 Å². The molecule has 0 aliphatic rings. The molecule has 0 aliphatic carbocycles. The van der Waals surface area contributed by atoms with Crippen molar-refractivity contribution in [2.45, 2.75) is 0 Å². The Morgan fingerprint density at radius 1 is 1.04 bits per heavy atom. The fourth-order valence-electron chi connectivity index (χ4n) is 2.00. The molecule has 0 fully saturated rings. The Kier molecular flexibility index (Phi) is 3.89. The molecule has 0 unspecified atom stereocenters. The average Bonchev–Trinajstić information content (AvgIpc) is 2.53. The molecule has 1 heterocycles. The highest BCUT2D eigenvalue weighted by Crippen LogP contribution is 2.24. The average molecular weight is 307 g/mol. The Morgan fingerprint density at radius 3 is 2.52 bits per heavy atom. The number of nitrogens with zero attached hydrogens (tertiary/aromatic N) is 1. The lowest BCUT2D eigenvalue weighted by Gasteiger charge is -2.02. The smallest absolute Gasteiger partial charge is 0.351 e. The second-order valence-corrected chi connectivity index (χ2v) is 4.63. The fraction of sp³-hybridized carbons (Fsp3) is 0. The number of benzene rings is 2. The van der Waals surface area contributed by atoms with Gasteiger partial charge in [-0.05, 0) is 35.7 Å². The van der Waals surface area contributed by atoms with Gasteiger partial charge in [0.05, 0.1) is 0 Å². The van der Waals surface area contributed by atoms with Crippen molar-refractivity contribution in [3.8, 4) is 28.8 Å². The summed E-state index contributed by atoms with van der Waals surface area (Å²) >= 11 is 0. The van der Waals surface area contributed by atoms with Crippen LogP contribution in [0.15, 0.2) is 63.8 Å². The Balaban J connectivity index is 2.02. The Hall–Kier alpha value is -3.39. The van der Waals surface area contributed by atoms with E-state index in [1.165, 1.54) is 18.2 Å². The standard InChI is InChI=1S/C18H10FNO3/c19-14-8-4-7-13(11-14)16-17(21)20-15(23-18(16)22)10-9-12-5-2-1-3-6-12/h1-8,11,21H. The predicted octanol–water partition coefficient (Wildman–Crippen LogP) is 2.95. The summed E-state index contributed by atoms with van der Waals surface area (Å²) in [5.74, 6) is 4.04. The van der Waals surface area contributed by atoms with Gasteiger partial charge >= 0.3 is 5.63 Å². The van der Waals surface area contributed by atoms with Crippen molar-refractivity contribution in [3.05, 3.63) is 82.3 Å². The van der Waals surface area contributed by atoms with Gasteiger partial charge in [0.25, 0.3) is 5.89 Å². The van der Waals surface area contributed by atoms with E-state index >= 15 is 0 Å². The summed E-state index contributed by atoms with van der Waals surface area (Å²) in [4.78, 5) is 15.8. The molecule has 0 atom stereocenters. The molecule has 3 aromatic rings. The van der Waals surface area contributed by atoms with Gasteiger partial charge in [0.15, 0.2) is 0 Å². The van der Waals surface area contributed by atoms with Crippen LogP contribution in [0.3, 0.4) is 0 Å². The number of hydrogen-bond donors (Lipinski definition) is 1. The van der Waals surface area contributed by atoms with E-state index in [4.69, 9.17) is 4.42 Å². The summed E-state index contributed by atoms with van der Waals surface area (Å²) in [7, 11) is 0. The van der Waals surface area contributed by atoms with Crippen LogP contribution in [0.4, 0.5) is 4.39 Å². The highest BCUT2D eigenvalue weighted by molar-refractivity contribution is 5.66. The van der Waals surface area contributed by atoms with Crippen LogP contribution in [-0.4, -0.2) is 10.1 Å². The minimum Gasteiger partial charge on any atom is -0.493 e. The zero-order chi connectivity index (χ0) is 16.2. The Morgan fingerprint density at radius 2 is 1.83 bits per heavy atom. The van der Waals surface area contributed by atoms with E-state index in [1.807, 2.05) is 18.2 Å². The van der Waals surface area contributed by atoms with E-state index in [0.717, 1.165) is 6.07 Å². The molecule has 1 N–H and O–H groups in total. The molecule has 23 heavy (non-hydrogen) atoms. The topological polar surface area (TPSA) is 63.3 Å². The quantitative estimate of drug-likeness (QED) is 0.702. The lowest BCUT2D eigenvalue weighted by molar-refractivity contribution is 0.412. The summed E-state index contributed by atoms with van der Waals surface area (Å²) < 4.78 is 18.2. The Bertz CT molecular complexity index is 969. The third kappa shape index (κ3) is 3.27. The van der Waals surface area contributed by atoms with Gasteiger partial charge in [-0.15, -0.1) is 0 Å². The van der Waals surface area contributed by atoms with Crippen molar-refractivity contribution in [2.75, 3.05) is 0 Å². The van der Waals surface area contributed by atoms with Crippen LogP contribution >= 0.6 is 0 Å². The number of hydrogen-bond acceptors (Lipinski definition) is 4. The van der Waals surface area contributed by atoms with Gasteiger partial charge < -0.3 is 9.52 Å². The first-order valence-electron chi connectivity index (χ1n) is 6.70. The van der Waals surface area contributed by atoms with Crippen molar-refractivity contribution in [3.63, 3.8) is 0 Å². The highest BCUT2D eigenvalue weighted by atomic mass is 19.1. The minimum atomic E-state index is -0.833. The van der Waals surface area contributed by atoms with Gasteiger partial charge in [-0.2, -0.15) is 4.98 Å². The molecule has 0 aliphatic heterocycles. The van der Waals surface area contributed by atoms with Crippen molar-refractivity contribution in [1.82, 2.24) is 4.98 Å². The largest absolute Gasteiger partial charge is 0.493 e. The van der Waals surface area contributed by atoms with E-state index in [0.29, 0.717) is 5.56 Å². The summed E-state index contributed by atoms with van der Waals surface area (Å²) in [6, 6.07) is 14.3. The van der Waals surface area contributed by atoms with Gasteiger partial charge in [-0.25, -0.2) is 9.18 Å². The van der Waals surface area contributed by atoms with Crippen molar-refractivity contribution in [1.29, 1.82) is 0 Å². The highest BCUT2D eigenvalue weighted by Gasteiger charge is 2.14.